The predicted molar refractivity (Wildman–Crippen MR) is 59.4 cm³/mol. The van der Waals surface area contributed by atoms with Crippen LogP contribution in [0, 0.1) is 6.92 Å². The first kappa shape index (κ1) is 11.2. The van der Waals surface area contributed by atoms with Gasteiger partial charge in [0.05, 0.1) is 6.61 Å². The van der Waals surface area contributed by atoms with Crippen molar-refractivity contribution in [3.8, 4) is 0 Å². The van der Waals surface area contributed by atoms with Crippen LogP contribution in [0.3, 0.4) is 0 Å². The lowest BCUT2D eigenvalue weighted by Gasteiger charge is -2.14. The first-order valence-electron chi connectivity index (χ1n) is 5.12. The third-order valence-corrected chi connectivity index (χ3v) is 2.39. The number of aliphatic hydroxyl groups is 1. The van der Waals surface area contributed by atoms with E-state index in [1.54, 1.807) is 0 Å². The van der Waals surface area contributed by atoms with Crippen LogP contribution in [-0.2, 0) is 6.42 Å². The van der Waals surface area contributed by atoms with Gasteiger partial charge in [0, 0.05) is 12.6 Å². The molecule has 1 rings (SSSR count). The van der Waals surface area contributed by atoms with Crippen molar-refractivity contribution in [1.29, 1.82) is 0 Å². The van der Waals surface area contributed by atoms with Gasteiger partial charge in [-0.05, 0) is 31.4 Å². The van der Waals surface area contributed by atoms with Gasteiger partial charge in [0.2, 0.25) is 0 Å². The number of hydrogen-bond donors (Lipinski definition) is 2. The highest BCUT2D eigenvalue weighted by atomic mass is 16.3. The van der Waals surface area contributed by atoms with E-state index in [9.17, 15) is 0 Å². The molecule has 1 unspecified atom stereocenters. The highest BCUT2D eigenvalue weighted by Gasteiger charge is 2.03. The third-order valence-electron chi connectivity index (χ3n) is 2.39. The van der Waals surface area contributed by atoms with Crippen LogP contribution in [0.4, 0.5) is 0 Å². The molecule has 0 amide bonds. The Labute approximate surface area is 86.0 Å². The Balaban J connectivity index is 2.47. The van der Waals surface area contributed by atoms with E-state index in [1.165, 1.54) is 11.1 Å². The van der Waals surface area contributed by atoms with Crippen LogP contribution in [0.25, 0.3) is 0 Å². The molecule has 0 saturated carbocycles. The van der Waals surface area contributed by atoms with E-state index in [0.29, 0.717) is 12.6 Å². The Hall–Kier alpha value is -0.860. The molecule has 2 N–H and O–H groups in total. The minimum absolute atomic E-state index is 0.206. The average Bonchev–Trinajstić information content (AvgIpc) is 2.18. The molecule has 0 aliphatic carbocycles. The van der Waals surface area contributed by atoms with Crippen LogP contribution in [0.5, 0.6) is 0 Å². The summed E-state index contributed by atoms with van der Waals surface area (Å²) in [5.74, 6) is 0. The van der Waals surface area contributed by atoms with Crippen molar-refractivity contribution in [1.82, 2.24) is 5.32 Å². The lowest BCUT2D eigenvalue weighted by Crippen LogP contribution is -2.30. The number of hydrogen-bond acceptors (Lipinski definition) is 2. The molecule has 1 aromatic carbocycles. The Morgan fingerprint density at radius 1 is 1.36 bits per heavy atom. The van der Waals surface area contributed by atoms with Crippen molar-refractivity contribution in [3.05, 3.63) is 35.4 Å². The van der Waals surface area contributed by atoms with Gasteiger partial charge < -0.3 is 10.4 Å². The van der Waals surface area contributed by atoms with Crippen molar-refractivity contribution < 1.29 is 5.11 Å². The molecule has 1 atom stereocenters. The summed E-state index contributed by atoms with van der Waals surface area (Å²) < 4.78 is 0. The van der Waals surface area contributed by atoms with E-state index < -0.39 is 0 Å². The van der Waals surface area contributed by atoms with Gasteiger partial charge in [-0.25, -0.2) is 0 Å². The van der Waals surface area contributed by atoms with E-state index in [0.717, 1.165) is 6.42 Å². The largest absolute Gasteiger partial charge is 0.395 e. The van der Waals surface area contributed by atoms with Gasteiger partial charge in [0.1, 0.15) is 0 Å². The lowest BCUT2D eigenvalue weighted by atomic mass is 10.0. The molecule has 0 saturated heterocycles. The Kier molecular flexibility index (Phi) is 4.63. The fraction of sp³-hybridized carbons (Fsp3) is 0.500. The lowest BCUT2D eigenvalue weighted by molar-refractivity contribution is 0.285. The van der Waals surface area contributed by atoms with Gasteiger partial charge in [0.25, 0.3) is 0 Å². The summed E-state index contributed by atoms with van der Waals surface area (Å²) >= 11 is 0. The standard InChI is InChI=1S/C12H19NO/c1-10-5-3-4-6-12(10)9-11(2)13-7-8-14/h3-6,11,13-14H,7-9H2,1-2H3. The quantitative estimate of drug-likeness (QED) is 0.743. The van der Waals surface area contributed by atoms with Gasteiger partial charge >= 0.3 is 0 Å². The normalized spacial score (nSPS) is 12.8. The molecular weight excluding hydrogens is 174 g/mol. The summed E-state index contributed by atoms with van der Waals surface area (Å²) in [5.41, 5.74) is 2.72. The zero-order chi connectivity index (χ0) is 10.4. The highest BCUT2D eigenvalue weighted by Crippen LogP contribution is 2.09. The van der Waals surface area contributed by atoms with Crippen molar-refractivity contribution in [2.75, 3.05) is 13.2 Å². The van der Waals surface area contributed by atoms with Crippen LogP contribution in [0.1, 0.15) is 18.1 Å². The number of benzene rings is 1. The molecule has 0 radical (unpaired) electrons. The van der Waals surface area contributed by atoms with Crippen LogP contribution in [-0.4, -0.2) is 24.3 Å². The van der Waals surface area contributed by atoms with Gasteiger partial charge in [-0.2, -0.15) is 0 Å². The second kappa shape index (κ2) is 5.78. The van der Waals surface area contributed by atoms with Crippen molar-refractivity contribution >= 4 is 0 Å². The number of aliphatic hydroxyl groups excluding tert-OH is 1. The fourth-order valence-electron chi connectivity index (χ4n) is 1.55. The fourth-order valence-corrected chi connectivity index (χ4v) is 1.55. The van der Waals surface area contributed by atoms with Gasteiger partial charge in [-0.1, -0.05) is 24.3 Å². The molecule has 14 heavy (non-hydrogen) atoms. The molecule has 0 fully saturated rings. The smallest absolute Gasteiger partial charge is 0.0556 e. The van der Waals surface area contributed by atoms with E-state index in [2.05, 4.69) is 43.4 Å². The molecule has 0 bridgehead atoms. The number of rotatable bonds is 5. The van der Waals surface area contributed by atoms with Gasteiger partial charge in [0.15, 0.2) is 0 Å². The van der Waals surface area contributed by atoms with Gasteiger partial charge in [-0.15, -0.1) is 0 Å². The Morgan fingerprint density at radius 2 is 2.07 bits per heavy atom. The minimum atomic E-state index is 0.206. The molecule has 0 spiro atoms. The summed E-state index contributed by atoms with van der Waals surface area (Å²) in [6.07, 6.45) is 1.02. The number of aryl methyl sites for hydroxylation is 1. The molecule has 0 aliphatic rings. The summed E-state index contributed by atoms with van der Waals surface area (Å²) in [7, 11) is 0. The molecule has 0 aromatic heterocycles. The maximum absolute atomic E-state index is 8.67. The first-order valence-corrected chi connectivity index (χ1v) is 5.12. The van der Waals surface area contributed by atoms with Crippen LogP contribution < -0.4 is 5.32 Å². The topological polar surface area (TPSA) is 32.3 Å². The molecule has 1 aromatic rings. The maximum atomic E-state index is 8.67. The van der Waals surface area contributed by atoms with E-state index in [4.69, 9.17) is 5.11 Å². The van der Waals surface area contributed by atoms with E-state index in [1.807, 2.05) is 0 Å². The summed E-state index contributed by atoms with van der Waals surface area (Å²) in [6, 6.07) is 8.84. The second-order valence-corrected chi connectivity index (χ2v) is 3.71. The zero-order valence-corrected chi connectivity index (χ0v) is 8.96. The maximum Gasteiger partial charge on any atom is 0.0556 e. The third kappa shape index (κ3) is 3.48. The first-order chi connectivity index (χ1) is 6.74. The minimum Gasteiger partial charge on any atom is -0.395 e. The zero-order valence-electron chi connectivity index (χ0n) is 8.96. The SMILES string of the molecule is Cc1ccccc1CC(C)NCCO. The molecule has 0 heterocycles. The van der Waals surface area contributed by atoms with Crippen molar-refractivity contribution in [3.63, 3.8) is 0 Å². The molecule has 2 nitrogen and oxygen atoms in total. The molecule has 0 aliphatic heterocycles. The van der Waals surface area contributed by atoms with Crippen LogP contribution >= 0.6 is 0 Å². The van der Waals surface area contributed by atoms with Gasteiger partial charge in [-0.3, -0.25) is 0 Å². The predicted octanol–water partition coefficient (Wildman–Crippen LogP) is 1.51. The second-order valence-electron chi connectivity index (χ2n) is 3.71. The van der Waals surface area contributed by atoms with Crippen LogP contribution in [0.15, 0.2) is 24.3 Å². The summed E-state index contributed by atoms with van der Waals surface area (Å²) in [4.78, 5) is 0. The van der Waals surface area contributed by atoms with E-state index >= 15 is 0 Å². The van der Waals surface area contributed by atoms with Crippen LogP contribution in [0.2, 0.25) is 0 Å². The molecule has 78 valence electrons. The summed E-state index contributed by atoms with van der Waals surface area (Å²) in [5, 5.41) is 11.9. The highest BCUT2D eigenvalue weighted by molar-refractivity contribution is 5.26. The Morgan fingerprint density at radius 3 is 2.71 bits per heavy atom. The Bertz CT molecular complexity index is 273. The summed E-state index contributed by atoms with van der Waals surface area (Å²) in [6.45, 7) is 5.15. The van der Waals surface area contributed by atoms with Crippen molar-refractivity contribution in [2.24, 2.45) is 0 Å². The molecular formula is C12H19NO. The monoisotopic (exact) mass is 193 g/mol. The number of nitrogens with one attached hydrogen (secondary N) is 1. The van der Waals surface area contributed by atoms with E-state index in [-0.39, 0.29) is 6.61 Å². The molecule has 2 heteroatoms. The van der Waals surface area contributed by atoms with Crippen molar-refractivity contribution in [2.45, 2.75) is 26.3 Å². The average molecular weight is 193 g/mol.